The molecule has 108 valence electrons. The SMILES string of the molecule is CN1CC[N+]2(CC1)CC(C(=O)O)(C(=O)O)CC2CBr. The van der Waals surface area contributed by atoms with Crippen LogP contribution in [0.1, 0.15) is 6.42 Å². The number of quaternary nitrogens is 1. The van der Waals surface area contributed by atoms with Crippen LogP contribution in [0.15, 0.2) is 0 Å². The zero-order valence-electron chi connectivity index (χ0n) is 11.0. The first-order valence-electron chi connectivity index (χ1n) is 6.43. The Morgan fingerprint density at radius 3 is 2.26 bits per heavy atom. The van der Waals surface area contributed by atoms with Crippen LogP contribution in [0.5, 0.6) is 0 Å². The molecule has 1 spiro atoms. The highest BCUT2D eigenvalue weighted by Gasteiger charge is 2.63. The Labute approximate surface area is 120 Å². The molecule has 2 heterocycles. The molecule has 0 aromatic carbocycles. The van der Waals surface area contributed by atoms with Crippen LogP contribution >= 0.6 is 15.9 Å². The number of nitrogens with zero attached hydrogens (tertiary/aromatic N) is 2. The molecule has 2 aliphatic rings. The third kappa shape index (κ3) is 2.28. The highest BCUT2D eigenvalue weighted by molar-refractivity contribution is 9.09. The molecular formula is C12H20BrN2O4+. The molecule has 7 heteroatoms. The molecular weight excluding hydrogens is 316 g/mol. The number of carboxylic acids is 2. The monoisotopic (exact) mass is 335 g/mol. The van der Waals surface area contributed by atoms with Gasteiger partial charge < -0.3 is 14.7 Å². The molecule has 2 fully saturated rings. The van der Waals surface area contributed by atoms with Gasteiger partial charge in [-0.3, -0.25) is 14.5 Å². The lowest BCUT2D eigenvalue weighted by Crippen LogP contribution is -2.62. The number of carbonyl (C=O) groups is 2. The third-order valence-electron chi connectivity index (χ3n) is 4.79. The van der Waals surface area contributed by atoms with Gasteiger partial charge in [0.2, 0.25) is 5.41 Å². The zero-order valence-corrected chi connectivity index (χ0v) is 12.6. The fourth-order valence-corrected chi connectivity index (χ4v) is 4.26. The number of hydrogen-bond donors (Lipinski definition) is 2. The normalized spacial score (nSPS) is 29.5. The van der Waals surface area contributed by atoms with E-state index in [1.807, 2.05) is 7.05 Å². The van der Waals surface area contributed by atoms with E-state index in [1.54, 1.807) is 0 Å². The summed E-state index contributed by atoms with van der Waals surface area (Å²) < 4.78 is 0.619. The molecule has 0 aromatic rings. The van der Waals surface area contributed by atoms with E-state index in [0.29, 0.717) is 9.81 Å². The molecule has 0 aromatic heterocycles. The quantitative estimate of drug-likeness (QED) is 0.433. The number of likely N-dealkylation sites (N-methyl/N-ethyl adjacent to an activating group) is 1. The highest BCUT2D eigenvalue weighted by atomic mass is 79.9. The largest absolute Gasteiger partial charge is 0.480 e. The van der Waals surface area contributed by atoms with Crippen LogP contribution in [0.4, 0.5) is 0 Å². The van der Waals surface area contributed by atoms with Gasteiger partial charge in [0.1, 0.15) is 12.6 Å². The highest BCUT2D eigenvalue weighted by Crippen LogP contribution is 2.42. The standard InChI is InChI=1S/C12H19BrN2O4/c1-14-2-4-15(5-3-14)8-12(10(16)17,11(18)19)6-9(15)7-13/h9H,2-8H2,1H3,(H-,16,17,18,19)/p+1. The Kier molecular flexibility index (Phi) is 3.90. The smallest absolute Gasteiger partial charge is 0.327 e. The summed E-state index contributed by atoms with van der Waals surface area (Å²) in [7, 11) is 2.04. The van der Waals surface area contributed by atoms with E-state index in [0.717, 1.165) is 26.2 Å². The molecule has 0 radical (unpaired) electrons. The second-order valence-electron chi connectivity index (χ2n) is 5.83. The van der Waals surface area contributed by atoms with Gasteiger partial charge in [-0.05, 0) is 7.05 Å². The van der Waals surface area contributed by atoms with Crippen molar-refractivity contribution >= 4 is 27.9 Å². The van der Waals surface area contributed by atoms with Crippen molar-refractivity contribution in [2.45, 2.75) is 12.5 Å². The molecule has 1 unspecified atom stereocenters. The van der Waals surface area contributed by atoms with Gasteiger partial charge in [-0.15, -0.1) is 0 Å². The Morgan fingerprint density at radius 2 is 1.84 bits per heavy atom. The van der Waals surface area contributed by atoms with Crippen LogP contribution in [0.25, 0.3) is 0 Å². The van der Waals surface area contributed by atoms with Gasteiger partial charge in [0.25, 0.3) is 0 Å². The molecule has 2 rings (SSSR count). The van der Waals surface area contributed by atoms with Crippen LogP contribution in [-0.4, -0.2) is 82.7 Å². The number of carboxylic acid groups (broad SMARTS) is 2. The Hall–Kier alpha value is -0.660. The zero-order chi connectivity index (χ0) is 14.3. The third-order valence-corrected chi connectivity index (χ3v) is 5.54. The summed E-state index contributed by atoms with van der Waals surface area (Å²) in [5.74, 6) is -2.39. The van der Waals surface area contributed by atoms with Crippen molar-refractivity contribution in [1.82, 2.24) is 4.90 Å². The molecule has 2 saturated heterocycles. The number of rotatable bonds is 3. The van der Waals surface area contributed by atoms with Crippen molar-refractivity contribution in [2.24, 2.45) is 5.41 Å². The van der Waals surface area contributed by atoms with E-state index in [-0.39, 0.29) is 19.0 Å². The second-order valence-corrected chi connectivity index (χ2v) is 6.48. The van der Waals surface area contributed by atoms with Crippen LogP contribution in [0, 0.1) is 5.41 Å². The first kappa shape index (κ1) is 14.7. The lowest BCUT2D eigenvalue weighted by atomic mass is 9.86. The Morgan fingerprint density at radius 1 is 1.32 bits per heavy atom. The Bertz CT molecular complexity index is 379. The van der Waals surface area contributed by atoms with Crippen molar-refractivity contribution in [2.75, 3.05) is 45.1 Å². The number of alkyl halides is 1. The molecule has 0 bridgehead atoms. The summed E-state index contributed by atoms with van der Waals surface area (Å²) >= 11 is 3.44. The fraction of sp³-hybridized carbons (Fsp3) is 0.833. The minimum absolute atomic E-state index is 0.0703. The van der Waals surface area contributed by atoms with Crippen LogP contribution in [0.3, 0.4) is 0 Å². The predicted octanol–water partition coefficient (Wildman–Crippen LogP) is 0.0714. The van der Waals surface area contributed by atoms with Gasteiger partial charge in [-0.1, -0.05) is 15.9 Å². The predicted molar refractivity (Wildman–Crippen MR) is 72.3 cm³/mol. The van der Waals surface area contributed by atoms with Crippen LogP contribution < -0.4 is 0 Å². The number of aliphatic carboxylic acids is 2. The lowest BCUT2D eigenvalue weighted by molar-refractivity contribution is -0.941. The van der Waals surface area contributed by atoms with E-state index in [9.17, 15) is 19.8 Å². The van der Waals surface area contributed by atoms with Crippen molar-refractivity contribution in [1.29, 1.82) is 0 Å². The van der Waals surface area contributed by atoms with Gasteiger partial charge in [-0.2, -0.15) is 0 Å². The van der Waals surface area contributed by atoms with Gasteiger partial charge in [0.05, 0.1) is 18.4 Å². The summed E-state index contributed by atoms with van der Waals surface area (Å²) in [6.07, 6.45) is 0.215. The number of halogens is 1. The summed E-state index contributed by atoms with van der Waals surface area (Å²) in [6, 6.07) is 0.0703. The van der Waals surface area contributed by atoms with E-state index in [4.69, 9.17) is 0 Å². The molecule has 2 N–H and O–H groups in total. The topological polar surface area (TPSA) is 77.8 Å². The summed E-state index contributed by atoms with van der Waals surface area (Å²) in [6.45, 7) is 3.64. The maximum Gasteiger partial charge on any atom is 0.327 e. The lowest BCUT2D eigenvalue weighted by Gasteiger charge is -2.45. The average molecular weight is 336 g/mol. The molecule has 0 saturated carbocycles. The molecule has 1 atom stereocenters. The maximum atomic E-state index is 11.5. The fourth-order valence-electron chi connectivity index (χ4n) is 3.42. The summed E-state index contributed by atoms with van der Waals surface area (Å²) in [4.78, 5) is 25.2. The minimum Gasteiger partial charge on any atom is -0.480 e. The molecule has 2 aliphatic heterocycles. The van der Waals surface area contributed by atoms with Crippen molar-refractivity contribution in [3.8, 4) is 0 Å². The van der Waals surface area contributed by atoms with Crippen molar-refractivity contribution in [3.63, 3.8) is 0 Å². The maximum absolute atomic E-state index is 11.5. The first-order chi connectivity index (χ1) is 8.86. The van der Waals surface area contributed by atoms with Crippen molar-refractivity contribution < 1.29 is 24.3 Å². The van der Waals surface area contributed by atoms with Crippen LogP contribution in [-0.2, 0) is 9.59 Å². The van der Waals surface area contributed by atoms with Crippen LogP contribution in [0.2, 0.25) is 0 Å². The molecule has 19 heavy (non-hydrogen) atoms. The number of piperazine rings is 1. The van der Waals surface area contributed by atoms with E-state index < -0.39 is 17.4 Å². The first-order valence-corrected chi connectivity index (χ1v) is 7.55. The molecule has 0 amide bonds. The van der Waals surface area contributed by atoms with Gasteiger partial charge in [-0.25, -0.2) is 0 Å². The second kappa shape index (κ2) is 5.03. The van der Waals surface area contributed by atoms with E-state index in [2.05, 4.69) is 20.8 Å². The van der Waals surface area contributed by atoms with E-state index >= 15 is 0 Å². The molecule has 0 aliphatic carbocycles. The Balaban J connectivity index is 2.31. The average Bonchev–Trinajstić information content (AvgIpc) is 2.69. The summed E-state index contributed by atoms with van der Waals surface area (Å²) in [5.41, 5.74) is -1.62. The summed E-state index contributed by atoms with van der Waals surface area (Å²) in [5, 5.41) is 19.4. The number of hydrogen-bond acceptors (Lipinski definition) is 3. The van der Waals surface area contributed by atoms with Gasteiger partial charge >= 0.3 is 11.9 Å². The van der Waals surface area contributed by atoms with E-state index in [1.165, 1.54) is 0 Å². The van der Waals surface area contributed by atoms with Crippen molar-refractivity contribution in [3.05, 3.63) is 0 Å². The van der Waals surface area contributed by atoms with Gasteiger partial charge in [0.15, 0.2) is 0 Å². The minimum atomic E-state index is -1.62. The molecule has 6 nitrogen and oxygen atoms in total. The van der Waals surface area contributed by atoms with Gasteiger partial charge in [0, 0.05) is 19.5 Å².